The molecule has 0 amide bonds. The Kier molecular flexibility index (Phi) is 5.88. The second-order valence-electron chi connectivity index (χ2n) is 5.13. The van der Waals surface area contributed by atoms with E-state index in [-0.39, 0.29) is 35.5 Å². The molecule has 1 aromatic rings. The molecule has 1 saturated heterocycles. The summed E-state index contributed by atoms with van der Waals surface area (Å²) in [6.45, 7) is 1.93. The average Bonchev–Trinajstić information content (AvgIpc) is 2.86. The number of sulfonamides is 1. The van der Waals surface area contributed by atoms with Crippen molar-refractivity contribution in [3.63, 3.8) is 0 Å². The highest BCUT2D eigenvalue weighted by molar-refractivity contribution is 7.89. The number of hydrogen-bond acceptors (Lipinski definition) is 3. The van der Waals surface area contributed by atoms with E-state index < -0.39 is 21.8 Å². The summed E-state index contributed by atoms with van der Waals surface area (Å²) in [7, 11) is -3.81. The number of halogens is 4. The van der Waals surface area contributed by atoms with Gasteiger partial charge in [0.25, 0.3) is 0 Å². The van der Waals surface area contributed by atoms with E-state index in [0.717, 1.165) is 18.2 Å². The van der Waals surface area contributed by atoms with Gasteiger partial charge in [-0.25, -0.2) is 8.42 Å². The van der Waals surface area contributed by atoms with E-state index in [9.17, 15) is 21.6 Å². The zero-order valence-corrected chi connectivity index (χ0v) is 13.6. The van der Waals surface area contributed by atoms with Crippen LogP contribution in [0.5, 0.6) is 0 Å². The topological polar surface area (TPSA) is 63.4 Å². The summed E-state index contributed by atoms with van der Waals surface area (Å²) in [5.74, 6) is 0. The molecular weight excluding hydrogens is 341 g/mol. The number of hydrogen-bond donors (Lipinski definition) is 1. The van der Waals surface area contributed by atoms with Gasteiger partial charge in [-0.15, -0.1) is 12.4 Å². The van der Waals surface area contributed by atoms with Crippen LogP contribution in [-0.4, -0.2) is 31.9 Å². The normalized spacial score (nSPS) is 20.0. The molecule has 0 saturated carbocycles. The van der Waals surface area contributed by atoms with E-state index in [0.29, 0.717) is 19.4 Å². The third-order valence-electron chi connectivity index (χ3n) is 3.68. The van der Waals surface area contributed by atoms with Crippen molar-refractivity contribution in [1.29, 1.82) is 0 Å². The van der Waals surface area contributed by atoms with Gasteiger partial charge in [0.1, 0.15) is 0 Å². The highest BCUT2D eigenvalue weighted by atomic mass is 35.5. The fourth-order valence-corrected chi connectivity index (χ4v) is 4.51. The van der Waals surface area contributed by atoms with Crippen molar-refractivity contribution < 1.29 is 21.6 Å². The molecule has 1 aliphatic rings. The molecule has 0 spiro atoms. The molecule has 1 heterocycles. The van der Waals surface area contributed by atoms with Crippen LogP contribution >= 0.6 is 12.4 Å². The number of rotatable bonds is 3. The minimum absolute atomic E-state index is 0. The van der Waals surface area contributed by atoms with Crippen LogP contribution in [0.2, 0.25) is 0 Å². The van der Waals surface area contributed by atoms with Gasteiger partial charge in [0.2, 0.25) is 10.0 Å². The molecule has 1 fully saturated rings. The predicted molar refractivity (Wildman–Crippen MR) is 79.4 cm³/mol. The first kappa shape index (κ1) is 19.2. The molecule has 0 aliphatic carbocycles. The van der Waals surface area contributed by atoms with Gasteiger partial charge in [-0.3, -0.25) is 0 Å². The van der Waals surface area contributed by atoms with Crippen molar-refractivity contribution in [3.8, 4) is 0 Å². The van der Waals surface area contributed by atoms with E-state index >= 15 is 0 Å². The first-order valence-electron chi connectivity index (χ1n) is 6.57. The molecule has 0 radical (unpaired) electrons. The standard InChI is InChI=1S/C13H17F3N2O2S.ClH/c1-9-7-10(13(14,15)16)4-5-12(9)21(19,20)18-6-2-3-11(18)8-17;/h4-5,7,11H,2-3,6,8,17H2,1H3;1H. The number of aryl methyl sites for hydroxylation is 1. The quantitative estimate of drug-likeness (QED) is 0.903. The first-order valence-corrected chi connectivity index (χ1v) is 8.01. The summed E-state index contributed by atoms with van der Waals surface area (Å²) < 4.78 is 64.4. The van der Waals surface area contributed by atoms with Crippen LogP contribution in [0.4, 0.5) is 13.2 Å². The third-order valence-corrected chi connectivity index (χ3v) is 5.80. The molecule has 2 rings (SSSR count). The summed E-state index contributed by atoms with van der Waals surface area (Å²) in [6.07, 6.45) is -3.10. The maximum absolute atomic E-state index is 12.6. The number of nitrogens with two attached hydrogens (primary N) is 1. The highest BCUT2D eigenvalue weighted by Crippen LogP contribution is 2.33. The van der Waals surface area contributed by atoms with Crippen LogP contribution in [-0.2, 0) is 16.2 Å². The summed E-state index contributed by atoms with van der Waals surface area (Å²) >= 11 is 0. The molecule has 22 heavy (non-hydrogen) atoms. The summed E-state index contributed by atoms with van der Waals surface area (Å²) in [5.41, 5.74) is 4.80. The van der Waals surface area contributed by atoms with Gasteiger partial charge in [-0.2, -0.15) is 17.5 Å². The van der Waals surface area contributed by atoms with Crippen LogP contribution < -0.4 is 5.73 Å². The zero-order valence-electron chi connectivity index (χ0n) is 11.9. The number of nitrogens with zero attached hydrogens (tertiary/aromatic N) is 1. The van der Waals surface area contributed by atoms with E-state index in [1.165, 1.54) is 11.2 Å². The van der Waals surface area contributed by atoms with Crippen LogP contribution in [0.15, 0.2) is 23.1 Å². The lowest BCUT2D eigenvalue weighted by molar-refractivity contribution is -0.137. The molecule has 4 nitrogen and oxygen atoms in total. The highest BCUT2D eigenvalue weighted by Gasteiger charge is 2.36. The predicted octanol–water partition coefficient (Wildman–Crippen LogP) is 2.55. The maximum atomic E-state index is 12.6. The number of benzene rings is 1. The largest absolute Gasteiger partial charge is 0.416 e. The summed E-state index contributed by atoms with van der Waals surface area (Å²) in [4.78, 5) is -0.0872. The molecule has 1 aromatic carbocycles. The Morgan fingerprint density at radius 1 is 1.36 bits per heavy atom. The molecular formula is C13H18ClF3N2O2S. The van der Waals surface area contributed by atoms with Gasteiger partial charge >= 0.3 is 6.18 Å². The summed E-state index contributed by atoms with van der Waals surface area (Å²) in [6, 6.07) is 2.41. The molecule has 126 valence electrons. The van der Waals surface area contributed by atoms with Crippen molar-refractivity contribution in [2.24, 2.45) is 5.73 Å². The van der Waals surface area contributed by atoms with Crippen molar-refractivity contribution >= 4 is 22.4 Å². The second-order valence-corrected chi connectivity index (χ2v) is 6.98. The van der Waals surface area contributed by atoms with E-state index in [2.05, 4.69) is 0 Å². The van der Waals surface area contributed by atoms with Gasteiger partial charge < -0.3 is 5.73 Å². The van der Waals surface area contributed by atoms with Gasteiger partial charge in [-0.1, -0.05) is 0 Å². The zero-order chi connectivity index (χ0) is 15.8. The van der Waals surface area contributed by atoms with Crippen LogP contribution in [0, 0.1) is 6.92 Å². The molecule has 0 aromatic heterocycles. The lowest BCUT2D eigenvalue weighted by Gasteiger charge is -2.24. The average molecular weight is 359 g/mol. The van der Waals surface area contributed by atoms with Gasteiger partial charge in [0.15, 0.2) is 0 Å². The Morgan fingerprint density at radius 2 is 2.00 bits per heavy atom. The Morgan fingerprint density at radius 3 is 2.50 bits per heavy atom. The Hall–Kier alpha value is -0.830. The molecule has 1 unspecified atom stereocenters. The van der Waals surface area contributed by atoms with Crippen molar-refractivity contribution in [2.45, 2.75) is 36.9 Å². The lowest BCUT2D eigenvalue weighted by Crippen LogP contribution is -2.40. The molecule has 1 aliphatic heterocycles. The van der Waals surface area contributed by atoms with Crippen LogP contribution in [0.1, 0.15) is 24.0 Å². The minimum atomic E-state index is -4.49. The molecule has 2 N–H and O–H groups in total. The van der Waals surface area contributed by atoms with E-state index in [1.54, 1.807) is 0 Å². The molecule has 1 atom stereocenters. The Balaban J connectivity index is 0.00000242. The molecule has 0 bridgehead atoms. The summed E-state index contributed by atoms with van der Waals surface area (Å²) in [5, 5.41) is 0. The molecule has 9 heteroatoms. The monoisotopic (exact) mass is 358 g/mol. The minimum Gasteiger partial charge on any atom is -0.329 e. The first-order chi connectivity index (χ1) is 9.67. The van der Waals surface area contributed by atoms with Crippen LogP contribution in [0.3, 0.4) is 0 Å². The third kappa shape index (κ3) is 3.56. The Bertz CT molecular complexity index is 635. The van der Waals surface area contributed by atoms with Crippen molar-refractivity contribution in [1.82, 2.24) is 4.31 Å². The SMILES string of the molecule is Cc1cc(C(F)(F)F)ccc1S(=O)(=O)N1CCCC1CN.Cl. The lowest BCUT2D eigenvalue weighted by atomic mass is 10.1. The van der Waals surface area contributed by atoms with Crippen LogP contribution in [0.25, 0.3) is 0 Å². The van der Waals surface area contributed by atoms with Gasteiger partial charge in [0.05, 0.1) is 10.5 Å². The van der Waals surface area contributed by atoms with E-state index in [1.807, 2.05) is 0 Å². The second kappa shape index (κ2) is 6.74. The number of alkyl halides is 3. The van der Waals surface area contributed by atoms with Crippen molar-refractivity contribution in [3.05, 3.63) is 29.3 Å². The van der Waals surface area contributed by atoms with Gasteiger partial charge in [0, 0.05) is 19.1 Å². The van der Waals surface area contributed by atoms with Gasteiger partial charge in [-0.05, 0) is 43.5 Å². The fraction of sp³-hybridized carbons (Fsp3) is 0.538. The Labute approximate surface area is 133 Å². The fourth-order valence-electron chi connectivity index (χ4n) is 2.60. The maximum Gasteiger partial charge on any atom is 0.416 e. The van der Waals surface area contributed by atoms with E-state index in [4.69, 9.17) is 5.73 Å². The van der Waals surface area contributed by atoms with Crippen molar-refractivity contribution in [2.75, 3.05) is 13.1 Å². The smallest absolute Gasteiger partial charge is 0.329 e.